The maximum Gasteiger partial charge on any atom is 0.165 e. The molecule has 138 valence electrons. The normalized spacial score (nSPS) is 12.3. The number of benzene rings is 1. The highest BCUT2D eigenvalue weighted by molar-refractivity contribution is 5.46. The number of nitrogens with zero attached hydrogens (tertiary/aromatic N) is 4. The highest BCUT2D eigenvalue weighted by atomic mass is 16.5. The molecule has 0 radical (unpaired) electrons. The van der Waals surface area contributed by atoms with Crippen molar-refractivity contribution in [2.75, 3.05) is 20.8 Å². The summed E-state index contributed by atoms with van der Waals surface area (Å²) in [5.74, 6) is 1.50. The lowest BCUT2D eigenvalue weighted by molar-refractivity contribution is 0.229. The molecule has 0 bridgehead atoms. The second-order valence-electron chi connectivity index (χ2n) is 6.11. The van der Waals surface area contributed by atoms with Gasteiger partial charge in [-0.05, 0) is 20.0 Å². The van der Waals surface area contributed by atoms with E-state index in [1.807, 2.05) is 36.0 Å². The van der Waals surface area contributed by atoms with E-state index in [0.29, 0.717) is 13.2 Å². The van der Waals surface area contributed by atoms with E-state index in [2.05, 4.69) is 28.0 Å². The van der Waals surface area contributed by atoms with Crippen LogP contribution < -0.4 is 9.47 Å². The van der Waals surface area contributed by atoms with Gasteiger partial charge < -0.3 is 18.6 Å². The summed E-state index contributed by atoms with van der Waals surface area (Å²) in [6.07, 6.45) is 7.05. The van der Waals surface area contributed by atoms with Gasteiger partial charge in [0.15, 0.2) is 11.5 Å². The second-order valence-corrected chi connectivity index (χ2v) is 6.11. The molecule has 0 unspecified atom stereocenters. The maximum absolute atomic E-state index is 6.07. The molecule has 0 fully saturated rings. The average Bonchev–Trinajstić information content (AvgIpc) is 3.36. The first kappa shape index (κ1) is 18.0. The van der Waals surface area contributed by atoms with E-state index in [9.17, 15) is 0 Å². The first-order chi connectivity index (χ1) is 12.7. The van der Waals surface area contributed by atoms with Gasteiger partial charge >= 0.3 is 0 Å². The first-order valence-corrected chi connectivity index (χ1v) is 8.54. The minimum Gasteiger partial charge on any atom is -0.493 e. The van der Waals surface area contributed by atoms with Gasteiger partial charge in [-0.25, -0.2) is 4.98 Å². The van der Waals surface area contributed by atoms with Crippen LogP contribution in [-0.4, -0.2) is 40.4 Å². The molecule has 0 amide bonds. The largest absolute Gasteiger partial charge is 0.493 e. The number of hydrogen-bond acceptors (Lipinski definition) is 6. The Labute approximate surface area is 153 Å². The van der Waals surface area contributed by atoms with Gasteiger partial charge in [0.1, 0.15) is 18.6 Å². The fourth-order valence-corrected chi connectivity index (χ4v) is 2.75. The quantitative estimate of drug-likeness (QED) is 0.587. The fraction of sp³-hybridized carbons (Fsp3) is 0.368. The summed E-state index contributed by atoms with van der Waals surface area (Å²) in [5, 5.41) is 4.03. The molecule has 3 rings (SSSR count). The Hall–Kier alpha value is -2.80. The number of rotatable bonds is 9. The maximum atomic E-state index is 6.07. The Kier molecular flexibility index (Phi) is 5.91. The molecule has 0 N–H and O–H groups in total. The summed E-state index contributed by atoms with van der Waals surface area (Å²) in [7, 11) is 3.71. The molecule has 7 nitrogen and oxygen atoms in total. The number of aromatic nitrogens is 3. The van der Waals surface area contributed by atoms with Crippen LogP contribution in [0.25, 0.3) is 0 Å². The summed E-state index contributed by atoms with van der Waals surface area (Å²) in [5.41, 5.74) is 1.96. The highest BCUT2D eigenvalue weighted by Gasteiger charge is 2.18. The SMILES string of the molecule is COc1cccc(CN(C)[C@H](C)c2ccon2)c1OCCn1ccnc1. The number of imidazole rings is 1. The molecule has 0 spiro atoms. The minimum atomic E-state index is 0.124. The third-order valence-corrected chi connectivity index (χ3v) is 4.40. The molecule has 0 aliphatic carbocycles. The highest BCUT2D eigenvalue weighted by Crippen LogP contribution is 2.33. The van der Waals surface area contributed by atoms with E-state index in [0.717, 1.165) is 29.3 Å². The van der Waals surface area contributed by atoms with E-state index >= 15 is 0 Å². The topological polar surface area (TPSA) is 65.6 Å². The van der Waals surface area contributed by atoms with Crippen LogP contribution in [0.1, 0.15) is 24.2 Å². The zero-order chi connectivity index (χ0) is 18.4. The van der Waals surface area contributed by atoms with E-state index < -0.39 is 0 Å². The molecule has 3 aromatic rings. The van der Waals surface area contributed by atoms with Gasteiger partial charge in [0.2, 0.25) is 0 Å². The number of ether oxygens (including phenoxy) is 2. The smallest absolute Gasteiger partial charge is 0.165 e. The van der Waals surface area contributed by atoms with Gasteiger partial charge in [-0.1, -0.05) is 17.3 Å². The number of para-hydroxylation sites is 1. The average molecular weight is 356 g/mol. The van der Waals surface area contributed by atoms with Crippen LogP contribution in [0.2, 0.25) is 0 Å². The van der Waals surface area contributed by atoms with E-state index in [1.54, 1.807) is 25.9 Å². The van der Waals surface area contributed by atoms with Crippen LogP contribution in [0.4, 0.5) is 0 Å². The van der Waals surface area contributed by atoms with Crippen LogP contribution in [0, 0.1) is 0 Å². The van der Waals surface area contributed by atoms with Gasteiger partial charge in [0.05, 0.1) is 26.0 Å². The van der Waals surface area contributed by atoms with Crippen molar-refractivity contribution in [3.63, 3.8) is 0 Å². The Bertz CT molecular complexity index is 787. The monoisotopic (exact) mass is 356 g/mol. The summed E-state index contributed by atoms with van der Waals surface area (Å²) >= 11 is 0. The van der Waals surface area contributed by atoms with Crippen LogP contribution in [0.15, 0.2) is 53.8 Å². The van der Waals surface area contributed by atoms with Crippen molar-refractivity contribution in [1.29, 1.82) is 0 Å². The van der Waals surface area contributed by atoms with Gasteiger partial charge in [0.25, 0.3) is 0 Å². The van der Waals surface area contributed by atoms with Gasteiger partial charge in [-0.2, -0.15) is 0 Å². The Morgan fingerprint density at radius 3 is 2.88 bits per heavy atom. The Morgan fingerprint density at radius 1 is 1.31 bits per heavy atom. The van der Waals surface area contributed by atoms with Crippen molar-refractivity contribution >= 4 is 0 Å². The van der Waals surface area contributed by atoms with Crippen LogP contribution in [-0.2, 0) is 13.1 Å². The lowest BCUT2D eigenvalue weighted by atomic mass is 10.1. The van der Waals surface area contributed by atoms with Crippen molar-refractivity contribution in [3.8, 4) is 11.5 Å². The molecule has 2 aromatic heterocycles. The molecular weight excluding hydrogens is 332 g/mol. The minimum absolute atomic E-state index is 0.124. The molecule has 7 heteroatoms. The molecule has 1 aromatic carbocycles. The lowest BCUT2D eigenvalue weighted by Gasteiger charge is -2.24. The van der Waals surface area contributed by atoms with Crippen molar-refractivity contribution in [3.05, 3.63) is 60.5 Å². The molecule has 0 saturated heterocycles. The van der Waals surface area contributed by atoms with Crippen LogP contribution in [0.5, 0.6) is 11.5 Å². The van der Waals surface area contributed by atoms with Gasteiger partial charge in [-0.3, -0.25) is 4.90 Å². The third-order valence-electron chi connectivity index (χ3n) is 4.40. The summed E-state index contributed by atoms with van der Waals surface area (Å²) in [6.45, 7) is 4.05. The third kappa shape index (κ3) is 4.23. The Balaban J connectivity index is 1.71. The van der Waals surface area contributed by atoms with Crippen LogP contribution in [0.3, 0.4) is 0 Å². The van der Waals surface area contributed by atoms with Gasteiger partial charge in [0, 0.05) is 30.6 Å². The van der Waals surface area contributed by atoms with Gasteiger partial charge in [-0.15, -0.1) is 0 Å². The molecule has 0 aliphatic heterocycles. The number of methoxy groups -OCH3 is 1. The molecule has 2 heterocycles. The first-order valence-electron chi connectivity index (χ1n) is 8.54. The zero-order valence-corrected chi connectivity index (χ0v) is 15.3. The van der Waals surface area contributed by atoms with Crippen molar-refractivity contribution in [1.82, 2.24) is 19.6 Å². The predicted octanol–water partition coefficient (Wildman–Crippen LogP) is 3.15. The van der Waals surface area contributed by atoms with Crippen molar-refractivity contribution < 1.29 is 14.0 Å². The standard InChI is InChI=1S/C19H24N4O3/c1-15(17-7-11-26-21-17)22(2)13-16-5-4-6-18(24-3)19(16)25-12-10-23-9-8-20-14-23/h4-9,11,14-15H,10,12-13H2,1-3H3/t15-/m1/s1. The van der Waals surface area contributed by atoms with E-state index in [-0.39, 0.29) is 6.04 Å². The summed E-state index contributed by atoms with van der Waals surface area (Å²) in [4.78, 5) is 6.23. The van der Waals surface area contributed by atoms with Crippen LogP contribution >= 0.6 is 0 Å². The molecule has 26 heavy (non-hydrogen) atoms. The fourth-order valence-electron chi connectivity index (χ4n) is 2.75. The van der Waals surface area contributed by atoms with Crippen molar-refractivity contribution in [2.45, 2.75) is 26.1 Å². The molecule has 0 aliphatic rings. The lowest BCUT2D eigenvalue weighted by Crippen LogP contribution is -2.22. The predicted molar refractivity (Wildman–Crippen MR) is 97.1 cm³/mol. The van der Waals surface area contributed by atoms with Crippen molar-refractivity contribution in [2.24, 2.45) is 0 Å². The summed E-state index contributed by atoms with van der Waals surface area (Å²) in [6, 6.07) is 7.96. The molecule has 1 atom stereocenters. The zero-order valence-electron chi connectivity index (χ0n) is 15.3. The molecular formula is C19H24N4O3. The van der Waals surface area contributed by atoms with E-state index in [1.165, 1.54) is 0 Å². The summed E-state index contributed by atoms with van der Waals surface area (Å²) < 4.78 is 18.5. The second kappa shape index (κ2) is 8.53. The van der Waals surface area contributed by atoms with E-state index in [4.69, 9.17) is 14.0 Å². The molecule has 0 saturated carbocycles. The Morgan fingerprint density at radius 2 is 2.19 bits per heavy atom. The number of hydrogen-bond donors (Lipinski definition) is 0.